The maximum atomic E-state index is 12.2. The molecule has 1 heterocycles. The molecule has 0 amide bonds. The lowest BCUT2D eigenvalue weighted by atomic mass is 10.1. The lowest BCUT2D eigenvalue weighted by molar-refractivity contribution is 0.0693. The molecule has 0 aliphatic carbocycles. The first-order valence-electron chi connectivity index (χ1n) is 8.46. The minimum atomic E-state index is -1.22. The fourth-order valence-electron chi connectivity index (χ4n) is 2.62. The number of carbonyl (C=O) groups excluding carboxylic acids is 1. The first-order valence-corrected chi connectivity index (χ1v) is 8.46. The molecule has 3 rings (SSSR count). The molecular formula is C22H18O5. The zero-order valence-corrected chi connectivity index (χ0v) is 14.7. The Balaban J connectivity index is 1.77. The van der Waals surface area contributed by atoms with E-state index in [0.29, 0.717) is 22.6 Å². The Morgan fingerprint density at radius 2 is 1.78 bits per heavy atom. The van der Waals surface area contributed by atoms with E-state index in [1.165, 1.54) is 23.8 Å². The molecule has 0 saturated heterocycles. The van der Waals surface area contributed by atoms with Crippen LogP contribution in [0.1, 0.15) is 39.0 Å². The van der Waals surface area contributed by atoms with Crippen LogP contribution in [0.4, 0.5) is 0 Å². The molecule has 1 aromatic heterocycles. The van der Waals surface area contributed by atoms with Crippen LogP contribution in [0.5, 0.6) is 5.75 Å². The van der Waals surface area contributed by atoms with Crippen molar-refractivity contribution in [1.82, 2.24) is 0 Å². The summed E-state index contributed by atoms with van der Waals surface area (Å²) in [6.45, 7) is 2.05. The Bertz CT molecular complexity index is 1010. The Morgan fingerprint density at radius 3 is 2.44 bits per heavy atom. The van der Waals surface area contributed by atoms with Gasteiger partial charge in [0.05, 0.1) is 0 Å². The van der Waals surface area contributed by atoms with Gasteiger partial charge in [0.15, 0.2) is 5.78 Å². The normalized spacial score (nSPS) is 11.0. The molecule has 0 fully saturated rings. The van der Waals surface area contributed by atoms with Crippen LogP contribution >= 0.6 is 0 Å². The summed E-state index contributed by atoms with van der Waals surface area (Å²) in [5, 5.41) is 18.7. The molecule has 2 aromatic carbocycles. The van der Waals surface area contributed by atoms with E-state index in [2.05, 4.69) is 6.92 Å². The lowest BCUT2D eigenvalue weighted by Gasteiger charge is -2.02. The number of benzene rings is 2. The summed E-state index contributed by atoms with van der Waals surface area (Å²) >= 11 is 0. The minimum absolute atomic E-state index is 0.131. The SMILES string of the molecule is CCc1ccc(C(=O)C=Cc2ccc(-c3ccc(O)c(C(=O)O)c3)o2)cc1. The van der Waals surface area contributed by atoms with Crippen LogP contribution in [0.25, 0.3) is 17.4 Å². The Hall–Kier alpha value is -3.60. The Labute approximate surface area is 156 Å². The number of rotatable bonds is 6. The van der Waals surface area contributed by atoms with Gasteiger partial charge in [-0.2, -0.15) is 0 Å². The summed E-state index contributed by atoms with van der Waals surface area (Å²) in [5.41, 5.74) is 2.08. The third kappa shape index (κ3) is 4.15. The third-order valence-electron chi connectivity index (χ3n) is 4.18. The standard InChI is InChI=1S/C22H18O5/c1-2-14-3-5-15(6-4-14)19(23)11-8-17-9-12-21(27-17)16-7-10-20(24)18(13-16)22(25)26/h3-13,24H,2H2,1H3,(H,25,26). The predicted molar refractivity (Wildman–Crippen MR) is 102 cm³/mol. The number of phenols is 1. The number of aromatic hydroxyl groups is 1. The molecule has 3 aromatic rings. The Kier molecular flexibility index (Phi) is 5.22. The highest BCUT2D eigenvalue weighted by Crippen LogP contribution is 2.28. The second kappa shape index (κ2) is 7.74. The van der Waals surface area contributed by atoms with Crippen LogP contribution < -0.4 is 0 Å². The van der Waals surface area contributed by atoms with Gasteiger partial charge in [0.1, 0.15) is 22.8 Å². The summed E-state index contributed by atoms with van der Waals surface area (Å²) < 4.78 is 5.65. The third-order valence-corrected chi connectivity index (χ3v) is 4.18. The fraction of sp³-hybridized carbons (Fsp3) is 0.0909. The average Bonchev–Trinajstić information content (AvgIpc) is 3.15. The minimum Gasteiger partial charge on any atom is -0.507 e. The molecule has 5 nitrogen and oxygen atoms in total. The summed E-state index contributed by atoms with van der Waals surface area (Å²) in [7, 11) is 0. The van der Waals surface area contributed by atoms with Gasteiger partial charge in [-0.1, -0.05) is 31.2 Å². The van der Waals surface area contributed by atoms with E-state index >= 15 is 0 Å². The van der Waals surface area contributed by atoms with Crippen molar-refractivity contribution in [2.24, 2.45) is 0 Å². The zero-order chi connectivity index (χ0) is 19.4. The van der Waals surface area contributed by atoms with Crippen molar-refractivity contribution in [2.75, 3.05) is 0 Å². The molecule has 136 valence electrons. The average molecular weight is 362 g/mol. The van der Waals surface area contributed by atoms with Gasteiger partial charge in [-0.3, -0.25) is 4.79 Å². The van der Waals surface area contributed by atoms with E-state index in [9.17, 15) is 14.7 Å². The highest BCUT2D eigenvalue weighted by Gasteiger charge is 2.12. The Morgan fingerprint density at radius 1 is 1.04 bits per heavy atom. The molecule has 0 bridgehead atoms. The number of furan rings is 1. The van der Waals surface area contributed by atoms with E-state index in [1.54, 1.807) is 36.4 Å². The van der Waals surface area contributed by atoms with E-state index < -0.39 is 5.97 Å². The molecular weight excluding hydrogens is 344 g/mol. The number of aromatic carboxylic acids is 1. The first kappa shape index (κ1) is 18.2. The van der Waals surface area contributed by atoms with Crippen molar-refractivity contribution in [2.45, 2.75) is 13.3 Å². The van der Waals surface area contributed by atoms with Gasteiger partial charge in [-0.05, 0) is 54.5 Å². The van der Waals surface area contributed by atoms with E-state index in [4.69, 9.17) is 9.52 Å². The number of carboxylic acid groups (broad SMARTS) is 1. The van der Waals surface area contributed by atoms with Gasteiger partial charge < -0.3 is 14.6 Å². The monoisotopic (exact) mass is 362 g/mol. The predicted octanol–water partition coefficient (Wildman–Crippen LogP) is 4.81. The van der Waals surface area contributed by atoms with Crippen molar-refractivity contribution in [3.05, 3.63) is 83.1 Å². The summed E-state index contributed by atoms with van der Waals surface area (Å²) in [6, 6.07) is 15.0. The number of carbonyl (C=O) groups is 2. The molecule has 0 atom stereocenters. The second-order valence-electron chi connectivity index (χ2n) is 5.99. The molecule has 0 unspecified atom stereocenters. The van der Waals surface area contributed by atoms with Crippen LogP contribution in [0.15, 0.2) is 65.1 Å². The van der Waals surface area contributed by atoms with Crippen LogP contribution in [-0.4, -0.2) is 22.0 Å². The molecule has 0 spiro atoms. The topological polar surface area (TPSA) is 87.7 Å². The summed E-state index contributed by atoms with van der Waals surface area (Å²) in [5.74, 6) is -0.753. The van der Waals surface area contributed by atoms with Gasteiger partial charge in [0.2, 0.25) is 0 Å². The molecule has 5 heteroatoms. The second-order valence-corrected chi connectivity index (χ2v) is 5.99. The van der Waals surface area contributed by atoms with E-state index in [0.717, 1.165) is 6.42 Å². The lowest BCUT2D eigenvalue weighted by Crippen LogP contribution is -1.96. The quantitative estimate of drug-likeness (QED) is 0.485. The number of ketones is 1. The fourth-order valence-corrected chi connectivity index (χ4v) is 2.62. The van der Waals surface area contributed by atoms with Crippen molar-refractivity contribution in [3.63, 3.8) is 0 Å². The van der Waals surface area contributed by atoms with Gasteiger partial charge in [0.25, 0.3) is 0 Å². The molecule has 27 heavy (non-hydrogen) atoms. The molecule has 0 aliphatic rings. The van der Waals surface area contributed by atoms with Crippen LogP contribution in [-0.2, 0) is 6.42 Å². The van der Waals surface area contributed by atoms with Gasteiger partial charge in [0, 0.05) is 11.1 Å². The largest absolute Gasteiger partial charge is 0.507 e. The molecule has 0 aliphatic heterocycles. The highest BCUT2D eigenvalue weighted by molar-refractivity contribution is 6.06. The van der Waals surface area contributed by atoms with Crippen LogP contribution in [0, 0.1) is 0 Å². The molecule has 0 radical (unpaired) electrons. The number of aryl methyl sites for hydroxylation is 1. The van der Waals surface area contributed by atoms with Crippen molar-refractivity contribution in [3.8, 4) is 17.1 Å². The smallest absolute Gasteiger partial charge is 0.339 e. The van der Waals surface area contributed by atoms with Gasteiger partial charge in [-0.15, -0.1) is 0 Å². The summed E-state index contributed by atoms with van der Waals surface area (Å²) in [6.07, 6.45) is 3.92. The molecule has 0 saturated carbocycles. The highest BCUT2D eigenvalue weighted by atomic mass is 16.4. The summed E-state index contributed by atoms with van der Waals surface area (Å²) in [4.78, 5) is 23.4. The maximum absolute atomic E-state index is 12.2. The van der Waals surface area contributed by atoms with E-state index in [-0.39, 0.29) is 17.1 Å². The van der Waals surface area contributed by atoms with Crippen molar-refractivity contribution >= 4 is 17.8 Å². The van der Waals surface area contributed by atoms with Gasteiger partial charge in [-0.25, -0.2) is 4.79 Å². The number of carboxylic acids is 1. The number of hydrogen-bond acceptors (Lipinski definition) is 4. The van der Waals surface area contributed by atoms with Gasteiger partial charge >= 0.3 is 5.97 Å². The maximum Gasteiger partial charge on any atom is 0.339 e. The first-order chi connectivity index (χ1) is 13.0. The number of hydrogen-bond donors (Lipinski definition) is 2. The van der Waals surface area contributed by atoms with Crippen molar-refractivity contribution < 1.29 is 24.2 Å². The molecule has 2 N–H and O–H groups in total. The number of allylic oxidation sites excluding steroid dienone is 1. The van der Waals surface area contributed by atoms with Crippen molar-refractivity contribution in [1.29, 1.82) is 0 Å². The van der Waals surface area contributed by atoms with E-state index in [1.807, 2.05) is 12.1 Å². The van der Waals surface area contributed by atoms with Crippen LogP contribution in [0.2, 0.25) is 0 Å². The zero-order valence-electron chi connectivity index (χ0n) is 14.7. The van der Waals surface area contributed by atoms with Crippen LogP contribution in [0.3, 0.4) is 0 Å².